The van der Waals surface area contributed by atoms with Gasteiger partial charge in [-0.2, -0.15) is 0 Å². The minimum Gasteiger partial charge on any atom is -0.342 e. The van der Waals surface area contributed by atoms with Gasteiger partial charge >= 0.3 is 0 Å². The molecule has 7 heteroatoms. The number of halogens is 2. The fourth-order valence-corrected chi connectivity index (χ4v) is 2.93. The molecule has 1 unspecified atom stereocenters. The number of hydrogen-bond donors (Lipinski definition) is 1. The highest BCUT2D eigenvalue weighted by Gasteiger charge is 2.15. The average Bonchev–Trinajstić information content (AvgIpc) is 2.98. The van der Waals surface area contributed by atoms with Gasteiger partial charge in [0.25, 0.3) is 5.91 Å². The summed E-state index contributed by atoms with van der Waals surface area (Å²) in [4.78, 5) is 18.8. The highest BCUT2D eigenvalue weighted by molar-refractivity contribution is 7.09. The Labute approximate surface area is 166 Å². The van der Waals surface area contributed by atoms with Gasteiger partial charge < -0.3 is 10.6 Å². The zero-order valence-corrected chi connectivity index (χ0v) is 17.5. The number of nitrogens with zero attached hydrogens (tertiary/aromatic N) is 2. The van der Waals surface area contributed by atoms with Crippen molar-refractivity contribution in [1.82, 2.24) is 9.88 Å². The van der Waals surface area contributed by atoms with Crippen LogP contribution in [0, 0.1) is 12.8 Å². The lowest BCUT2D eigenvalue weighted by Gasteiger charge is -2.21. The maximum absolute atomic E-state index is 12.6. The second kappa shape index (κ2) is 10.8. The maximum atomic E-state index is 12.6. The lowest BCUT2D eigenvalue weighted by Crippen LogP contribution is -2.34. The first-order valence-electron chi connectivity index (χ1n) is 7.92. The number of carbonyl (C=O) groups excluding carboxylic acids is 1. The van der Waals surface area contributed by atoms with Gasteiger partial charge in [0.05, 0.1) is 10.7 Å². The summed E-state index contributed by atoms with van der Waals surface area (Å²) >= 11 is 1.61. The fourth-order valence-electron chi connectivity index (χ4n) is 2.31. The summed E-state index contributed by atoms with van der Waals surface area (Å²) in [5.74, 6) is 0.449. The molecule has 25 heavy (non-hydrogen) atoms. The lowest BCUT2D eigenvalue weighted by atomic mass is 10.0. The topological polar surface area (TPSA) is 59.2 Å². The Kier molecular flexibility index (Phi) is 10.3. The van der Waals surface area contributed by atoms with Crippen LogP contribution in [-0.2, 0) is 0 Å². The van der Waals surface area contributed by atoms with Crippen LogP contribution in [0.2, 0.25) is 0 Å². The molecule has 0 saturated carbocycles. The van der Waals surface area contributed by atoms with Crippen molar-refractivity contribution in [2.45, 2.75) is 33.2 Å². The van der Waals surface area contributed by atoms with Gasteiger partial charge in [0.15, 0.2) is 0 Å². The number of amides is 1. The van der Waals surface area contributed by atoms with Crippen LogP contribution < -0.4 is 5.73 Å². The standard InChI is InChI=1S/C18H25N3OS.2ClH/c1-12(2)16(19)8-9-21(4)18(22)15-7-5-6-14(10-15)17-11-23-13(3)20-17;;/h5-7,10-12,16H,8-9,19H2,1-4H3;2*1H. The molecule has 0 fully saturated rings. The SMILES string of the molecule is Cc1nc(-c2cccc(C(=O)N(C)CCC(N)C(C)C)c2)cs1.Cl.Cl. The largest absolute Gasteiger partial charge is 0.342 e. The van der Waals surface area contributed by atoms with Gasteiger partial charge in [-0.05, 0) is 31.4 Å². The quantitative estimate of drug-likeness (QED) is 0.776. The summed E-state index contributed by atoms with van der Waals surface area (Å²) in [6.45, 7) is 6.85. The molecule has 1 heterocycles. The minimum atomic E-state index is 0. The van der Waals surface area contributed by atoms with Crippen molar-refractivity contribution in [3.8, 4) is 11.3 Å². The van der Waals surface area contributed by atoms with E-state index in [0.717, 1.165) is 22.7 Å². The predicted molar refractivity (Wildman–Crippen MR) is 111 cm³/mol. The van der Waals surface area contributed by atoms with E-state index in [-0.39, 0.29) is 36.8 Å². The Morgan fingerprint density at radius 1 is 1.32 bits per heavy atom. The number of hydrogen-bond acceptors (Lipinski definition) is 4. The second-order valence-corrected chi connectivity index (χ2v) is 7.32. The van der Waals surface area contributed by atoms with Crippen molar-refractivity contribution in [3.63, 3.8) is 0 Å². The summed E-state index contributed by atoms with van der Waals surface area (Å²) in [6, 6.07) is 7.78. The third-order valence-electron chi connectivity index (χ3n) is 4.03. The van der Waals surface area contributed by atoms with Gasteiger partial charge in [0.1, 0.15) is 0 Å². The van der Waals surface area contributed by atoms with Crippen LogP contribution in [0.25, 0.3) is 11.3 Å². The monoisotopic (exact) mass is 403 g/mol. The van der Waals surface area contributed by atoms with E-state index in [2.05, 4.69) is 18.8 Å². The van der Waals surface area contributed by atoms with E-state index < -0.39 is 0 Å². The van der Waals surface area contributed by atoms with Crippen LogP contribution in [0.15, 0.2) is 29.6 Å². The van der Waals surface area contributed by atoms with Crippen LogP contribution >= 0.6 is 36.2 Å². The number of rotatable bonds is 6. The smallest absolute Gasteiger partial charge is 0.253 e. The normalized spacial score (nSPS) is 11.4. The molecule has 4 nitrogen and oxygen atoms in total. The van der Waals surface area contributed by atoms with Crippen molar-refractivity contribution >= 4 is 42.1 Å². The molecular weight excluding hydrogens is 377 g/mol. The van der Waals surface area contributed by atoms with Crippen molar-refractivity contribution in [2.24, 2.45) is 11.7 Å². The second-order valence-electron chi connectivity index (χ2n) is 6.26. The first-order valence-corrected chi connectivity index (χ1v) is 8.80. The average molecular weight is 404 g/mol. The van der Waals surface area contributed by atoms with Gasteiger partial charge in [0, 0.05) is 36.1 Å². The van der Waals surface area contributed by atoms with Crippen LogP contribution in [0.5, 0.6) is 0 Å². The molecular formula is C18H27Cl2N3OS. The molecule has 0 bridgehead atoms. The maximum Gasteiger partial charge on any atom is 0.253 e. The van der Waals surface area contributed by atoms with Crippen LogP contribution in [0.4, 0.5) is 0 Å². The minimum absolute atomic E-state index is 0. The van der Waals surface area contributed by atoms with E-state index in [4.69, 9.17) is 5.73 Å². The number of aryl methyl sites for hydroxylation is 1. The Hall–Kier alpha value is -1.14. The number of aromatic nitrogens is 1. The third kappa shape index (κ3) is 6.59. The molecule has 0 saturated heterocycles. The van der Waals surface area contributed by atoms with E-state index in [0.29, 0.717) is 18.0 Å². The molecule has 0 aliphatic heterocycles. The van der Waals surface area contributed by atoms with Crippen molar-refractivity contribution in [2.75, 3.05) is 13.6 Å². The summed E-state index contributed by atoms with van der Waals surface area (Å²) in [5.41, 5.74) is 8.65. The molecule has 0 spiro atoms. The van der Waals surface area contributed by atoms with Crippen molar-refractivity contribution in [3.05, 3.63) is 40.2 Å². The Morgan fingerprint density at radius 2 is 2.00 bits per heavy atom. The molecule has 1 aromatic heterocycles. The lowest BCUT2D eigenvalue weighted by molar-refractivity contribution is 0.0789. The molecule has 0 aliphatic rings. The van der Waals surface area contributed by atoms with Gasteiger partial charge in [-0.3, -0.25) is 4.79 Å². The molecule has 2 rings (SSSR count). The predicted octanol–water partition coefficient (Wildman–Crippen LogP) is 4.41. The summed E-state index contributed by atoms with van der Waals surface area (Å²) in [6.07, 6.45) is 0.810. The van der Waals surface area contributed by atoms with Crippen molar-refractivity contribution < 1.29 is 4.79 Å². The van der Waals surface area contributed by atoms with E-state index >= 15 is 0 Å². The van der Waals surface area contributed by atoms with E-state index in [9.17, 15) is 4.79 Å². The van der Waals surface area contributed by atoms with E-state index in [1.807, 2.05) is 43.6 Å². The molecule has 1 atom stereocenters. The van der Waals surface area contributed by atoms with Gasteiger partial charge in [-0.1, -0.05) is 26.0 Å². The highest BCUT2D eigenvalue weighted by Crippen LogP contribution is 2.22. The molecule has 1 aromatic carbocycles. The molecule has 2 aromatic rings. The summed E-state index contributed by atoms with van der Waals surface area (Å²) < 4.78 is 0. The first kappa shape index (κ1) is 23.9. The molecule has 0 radical (unpaired) electrons. The number of carbonyl (C=O) groups is 1. The van der Waals surface area contributed by atoms with Gasteiger partial charge in [-0.25, -0.2) is 4.98 Å². The highest BCUT2D eigenvalue weighted by atomic mass is 35.5. The zero-order chi connectivity index (χ0) is 17.0. The molecule has 140 valence electrons. The number of benzene rings is 1. The number of nitrogens with two attached hydrogens (primary N) is 1. The van der Waals surface area contributed by atoms with E-state index in [1.54, 1.807) is 16.2 Å². The molecule has 0 aliphatic carbocycles. The third-order valence-corrected chi connectivity index (χ3v) is 4.80. The zero-order valence-electron chi connectivity index (χ0n) is 15.1. The summed E-state index contributed by atoms with van der Waals surface area (Å²) in [5, 5.41) is 3.04. The summed E-state index contributed by atoms with van der Waals surface area (Å²) in [7, 11) is 1.83. The Bertz CT molecular complexity index is 676. The molecule has 2 N–H and O–H groups in total. The van der Waals surface area contributed by atoms with E-state index in [1.165, 1.54) is 0 Å². The first-order chi connectivity index (χ1) is 10.9. The van der Waals surface area contributed by atoms with Crippen molar-refractivity contribution in [1.29, 1.82) is 0 Å². The Morgan fingerprint density at radius 3 is 2.56 bits per heavy atom. The van der Waals surface area contributed by atoms with Crippen LogP contribution in [-0.4, -0.2) is 35.4 Å². The van der Waals surface area contributed by atoms with Crippen LogP contribution in [0.1, 0.15) is 35.6 Å². The fraction of sp³-hybridized carbons (Fsp3) is 0.444. The van der Waals surface area contributed by atoms with Gasteiger partial charge in [0.2, 0.25) is 0 Å². The number of thiazole rings is 1. The van der Waals surface area contributed by atoms with Gasteiger partial charge in [-0.15, -0.1) is 36.2 Å². The molecule has 1 amide bonds. The Balaban J connectivity index is 0.00000288. The van der Waals surface area contributed by atoms with Crippen LogP contribution in [0.3, 0.4) is 0 Å².